The first-order valence-corrected chi connectivity index (χ1v) is 11.9. The molecule has 2 aromatic rings. The minimum Gasteiger partial charge on any atom is -0.338 e. The highest BCUT2D eigenvalue weighted by atomic mass is 32.2. The molecular formula is C23H31N3O3S. The average Bonchev–Trinajstić information content (AvgIpc) is 2.71. The SMILES string of the molecule is Cc1ccc(S(=O)(=O)N2CCC(CCNC(=O)Nc3cc(C)ccc3C)CC2)cc1. The molecule has 0 saturated carbocycles. The Hall–Kier alpha value is -2.38. The highest BCUT2D eigenvalue weighted by Crippen LogP contribution is 2.25. The predicted octanol–water partition coefficient (Wildman–Crippen LogP) is 4.22. The fourth-order valence-corrected chi connectivity index (χ4v) is 5.19. The van der Waals surface area contributed by atoms with Crippen LogP contribution in [0.4, 0.5) is 10.5 Å². The molecule has 1 aliphatic heterocycles. The fourth-order valence-electron chi connectivity index (χ4n) is 3.72. The van der Waals surface area contributed by atoms with Crippen molar-refractivity contribution in [3.63, 3.8) is 0 Å². The molecule has 0 aromatic heterocycles. The lowest BCUT2D eigenvalue weighted by atomic mass is 9.95. The molecule has 0 bridgehead atoms. The van der Waals surface area contributed by atoms with Gasteiger partial charge in [0.25, 0.3) is 0 Å². The van der Waals surface area contributed by atoms with Crippen molar-refractivity contribution in [1.29, 1.82) is 0 Å². The molecule has 1 aliphatic rings. The largest absolute Gasteiger partial charge is 0.338 e. The summed E-state index contributed by atoms with van der Waals surface area (Å²) in [7, 11) is -3.42. The highest BCUT2D eigenvalue weighted by molar-refractivity contribution is 7.89. The molecule has 0 spiro atoms. The van der Waals surface area contributed by atoms with Gasteiger partial charge in [-0.2, -0.15) is 4.31 Å². The third-order valence-electron chi connectivity index (χ3n) is 5.71. The van der Waals surface area contributed by atoms with Crippen LogP contribution in [-0.4, -0.2) is 38.4 Å². The second-order valence-electron chi connectivity index (χ2n) is 8.15. The molecule has 0 unspecified atom stereocenters. The predicted molar refractivity (Wildman–Crippen MR) is 120 cm³/mol. The molecule has 7 heteroatoms. The zero-order chi connectivity index (χ0) is 21.7. The summed E-state index contributed by atoms with van der Waals surface area (Å²) in [6, 6.07) is 12.8. The van der Waals surface area contributed by atoms with Gasteiger partial charge < -0.3 is 10.6 Å². The van der Waals surface area contributed by atoms with Crippen LogP contribution in [-0.2, 0) is 10.0 Å². The van der Waals surface area contributed by atoms with E-state index in [4.69, 9.17) is 0 Å². The Kier molecular flexibility index (Phi) is 7.15. The number of rotatable bonds is 6. The van der Waals surface area contributed by atoms with Crippen molar-refractivity contribution in [3.8, 4) is 0 Å². The summed E-state index contributed by atoms with van der Waals surface area (Å²) in [5.74, 6) is 0.412. The van der Waals surface area contributed by atoms with Gasteiger partial charge in [-0.1, -0.05) is 29.8 Å². The molecule has 1 saturated heterocycles. The number of hydrogen-bond acceptors (Lipinski definition) is 3. The van der Waals surface area contributed by atoms with Gasteiger partial charge in [0.05, 0.1) is 4.90 Å². The first-order chi connectivity index (χ1) is 14.3. The summed E-state index contributed by atoms with van der Waals surface area (Å²) in [6.07, 6.45) is 2.47. The van der Waals surface area contributed by atoms with Gasteiger partial charge in [-0.3, -0.25) is 0 Å². The Morgan fingerprint density at radius 3 is 2.30 bits per heavy atom. The molecule has 30 heavy (non-hydrogen) atoms. The second kappa shape index (κ2) is 9.62. The fraction of sp³-hybridized carbons (Fsp3) is 0.435. The standard InChI is InChI=1S/C23H31N3O3S/c1-17-5-8-21(9-6-17)30(28,29)26-14-11-20(12-15-26)10-13-24-23(27)25-22-16-18(2)4-7-19(22)3/h4-9,16,20H,10-15H2,1-3H3,(H2,24,25,27). The molecule has 2 N–H and O–H groups in total. The van der Waals surface area contributed by atoms with E-state index in [2.05, 4.69) is 10.6 Å². The minimum absolute atomic E-state index is 0.205. The van der Waals surface area contributed by atoms with E-state index in [1.54, 1.807) is 16.4 Å². The van der Waals surface area contributed by atoms with Crippen molar-refractivity contribution in [2.45, 2.75) is 44.9 Å². The van der Waals surface area contributed by atoms with E-state index >= 15 is 0 Å². The molecule has 162 valence electrons. The van der Waals surface area contributed by atoms with Crippen molar-refractivity contribution in [3.05, 3.63) is 59.2 Å². The Morgan fingerprint density at radius 2 is 1.63 bits per heavy atom. The van der Waals surface area contributed by atoms with Gasteiger partial charge in [0, 0.05) is 25.3 Å². The third-order valence-corrected chi connectivity index (χ3v) is 7.62. The maximum absolute atomic E-state index is 12.8. The zero-order valence-electron chi connectivity index (χ0n) is 17.9. The maximum atomic E-state index is 12.8. The van der Waals surface area contributed by atoms with Crippen LogP contribution in [0.3, 0.4) is 0 Å². The van der Waals surface area contributed by atoms with E-state index in [1.807, 2.05) is 51.1 Å². The number of benzene rings is 2. The third kappa shape index (κ3) is 5.61. The van der Waals surface area contributed by atoms with Gasteiger partial charge in [0.2, 0.25) is 10.0 Å². The first kappa shape index (κ1) is 22.3. The Morgan fingerprint density at radius 1 is 1.00 bits per heavy atom. The van der Waals surface area contributed by atoms with Crippen LogP contribution in [0.1, 0.15) is 36.0 Å². The molecule has 3 rings (SSSR count). The maximum Gasteiger partial charge on any atom is 0.319 e. The van der Waals surface area contributed by atoms with Crippen LogP contribution < -0.4 is 10.6 Å². The van der Waals surface area contributed by atoms with Gasteiger partial charge in [0.15, 0.2) is 0 Å². The van der Waals surface area contributed by atoms with Crippen LogP contribution in [0.15, 0.2) is 47.4 Å². The van der Waals surface area contributed by atoms with E-state index in [0.29, 0.717) is 30.4 Å². The van der Waals surface area contributed by atoms with Gasteiger partial charge >= 0.3 is 6.03 Å². The smallest absolute Gasteiger partial charge is 0.319 e. The van der Waals surface area contributed by atoms with Gasteiger partial charge in [-0.15, -0.1) is 0 Å². The summed E-state index contributed by atoms with van der Waals surface area (Å²) >= 11 is 0. The van der Waals surface area contributed by atoms with Crippen molar-refractivity contribution >= 4 is 21.7 Å². The van der Waals surface area contributed by atoms with E-state index in [1.165, 1.54) is 0 Å². The van der Waals surface area contributed by atoms with Crippen LogP contribution in [0, 0.1) is 26.7 Å². The number of carbonyl (C=O) groups is 1. The lowest BCUT2D eigenvalue weighted by molar-refractivity contribution is 0.245. The summed E-state index contributed by atoms with van der Waals surface area (Å²) in [6.45, 7) is 7.52. The first-order valence-electron chi connectivity index (χ1n) is 10.4. The zero-order valence-corrected chi connectivity index (χ0v) is 18.8. The van der Waals surface area contributed by atoms with Crippen molar-refractivity contribution in [2.24, 2.45) is 5.92 Å². The van der Waals surface area contributed by atoms with E-state index in [9.17, 15) is 13.2 Å². The van der Waals surface area contributed by atoms with Crippen LogP contribution in [0.5, 0.6) is 0 Å². The monoisotopic (exact) mass is 429 g/mol. The number of nitrogens with zero attached hydrogens (tertiary/aromatic N) is 1. The molecule has 6 nitrogen and oxygen atoms in total. The number of anilines is 1. The van der Waals surface area contributed by atoms with Crippen molar-refractivity contribution in [2.75, 3.05) is 25.0 Å². The number of urea groups is 1. The topological polar surface area (TPSA) is 78.5 Å². The number of nitrogens with one attached hydrogen (secondary N) is 2. The Labute approximate surface area is 179 Å². The van der Waals surface area contributed by atoms with E-state index in [-0.39, 0.29) is 6.03 Å². The van der Waals surface area contributed by atoms with Crippen molar-refractivity contribution in [1.82, 2.24) is 9.62 Å². The van der Waals surface area contributed by atoms with Gasteiger partial charge in [-0.25, -0.2) is 13.2 Å². The molecule has 2 aromatic carbocycles. The Bertz CT molecular complexity index is 979. The van der Waals surface area contributed by atoms with Gasteiger partial charge in [-0.05, 0) is 75.3 Å². The average molecular weight is 430 g/mol. The Balaban J connectivity index is 1.43. The second-order valence-corrected chi connectivity index (χ2v) is 10.1. The van der Waals surface area contributed by atoms with E-state index < -0.39 is 10.0 Å². The molecule has 0 radical (unpaired) electrons. The summed E-state index contributed by atoms with van der Waals surface area (Å²) in [5, 5.41) is 5.82. The lowest BCUT2D eigenvalue weighted by Crippen LogP contribution is -2.39. The lowest BCUT2D eigenvalue weighted by Gasteiger charge is -2.31. The molecule has 0 atom stereocenters. The molecule has 0 aliphatic carbocycles. The highest BCUT2D eigenvalue weighted by Gasteiger charge is 2.29. The number of carbonyl (C=O) groups excluding carboxylic acids is 1. The van der Waals surface area contributed by atoms with Gasteiger partial charge in [0.1, 0.15) is 0 Å². The summed E-state index contributed by atoms with van der Waals surface area (Å²) in [4.78, 5) is 12.5. The number of sulfonamides is 1. The van der Waals surface area contributed by atoms with Crippen LogP contribution in [0.2, 0.25) is 0 Å². The quantitative estimate of drug-likeness (QED) is 0.721. The molecule has 1 heterocycles. The number of hydrogen-bond donors (Lipinski definition) is 2. The molecular weight excluding hydrogens is 398 g/mol. The van der Waals surface area contributed by atoms with Crippen molar-refractivity contribution < 1.29 is 13.2 Å². The van der Waals surface area contributed by atoms with Crippen LogP contribution in [0.25, 0.3) is 0 Å². The van der Waals surface area contributed by atoms with Crippen LogP contribution >= 0.6 is 0 Å². The summed E-state index contributed by atoms with van der Waals surface area (Å²) in [5.41, 5.74) is 3.99. The summed E-state index contributed by atoms with van der Waals surface area (Å²) < 4.78 is 27.2. The minimum atomic E-state index is -3.42. The number of piperidine rings is 1. The number of aryl methyl sites for hydroxylation is 3. The normalized spacial score (nSPS) is 15.7. The number of amides is 2. The molecule has 1 fully saturated rings. The molecule has 2 amide bonds. The van der Waals surface area contributed by atoms with E-state index in [0.717, 1.165) is 41.6 Å².